The average molecular weight is 628 g/mol. The van der Waals surface area contributed by atoms with Crippen molar-refractivity contribution in [3.05, 3.63) is 0 Å². The zero-order chi connectivity index (χ0) is 33.6. The van der Waals surface area contributed by atoms with Crippen molar-refractivity contribution in [3.8, 4) is 0 Å². The SMILES string of the molecule is CNC(=O)CNC(=O)CNC(=O)[C@@H](NC(=O)[C@H](CCC(=O)O)NC(=O)[C@@H]1CCCN1C(=O)[C@H](CC(C)C)NC(C)=O)C(C)O. The van der Waals surface area contributed by atoms with E-state index < -0.39 is 90.6 Å². The van der Waals surface area contributed by atoms with Gasteiger partial charge in [0.05, 0.1) is 19.2 Å². The van der Waals surface area contributed by atoms with Gasteiger partial charge in [-0.3, -0.25) is 38.4 Å². The molecule has 0 aliphatic carbocycles. The van der Waals surface area contributed by atoms with Gasteiger partial charge in [-0.05, 0) is 38.5 Å². The molecule has 1 heterocycles. The van der Waals surface area contributed by atoms with Crippen LogP contribution in [0, 0.1) is 5.92 Å². The summed E-state index contributed by atoms with van der Waals surface area (Å²) in [6, 6.07) is -4.89. The molecule has 7 amide bonds. The molecule has 1 saturated heterocycles. The first-order chi connectivity index (χ1) is 20.6. The second kappa shape index (κ2) is 18.4. The minimum Gasteiger partial charge on any atom is -0.481 e. The number of likely N-dealkylation sites (tertiary alicyclic amines) is 1. The third kappa shape index (κ3) is 12.9. The Bertz CT molecular complexity index is 1080. The third-order valence-electron chi connectivity index (χ3n) is 6.71. The minimum atomic E-state index is -1.59. The molecule has 17 nitrogen and oxygen atoms in total. The van der Waals surface area contributed by atoms with E-state index in [1.165, 1.54) is 25.8 Å². The molecule has 0 aromatic carbocycles. The Hall–Kier alpha value is -4.28. The molecular formula is C27H45N7O10. The highest BCUT2D eigenvalue weighted by atomic mass is 16.4. The van der Waals surface area contributed by atoms with Crippen LogP contribution >= 0.6 is 0 Å². The van der Waals surface area contributed by atoms with Crippen molar-refractivity contribution in [3.63, 3.8) is 0 Å². The predicted molar refractivity (Wildman–Crippen MR) is 154 cm³/mol. The first kappa shape index (κ1) is 37.7. The van der Waals surface area contributed by atoms with E-state index >= 15 is 0 Å². The van der Waals surface area contributed by atoms with Crippen molar-refractivity contribution in [2.75, 3.05) is 26.7 Å². The van der Waals surface area contributed by atoms with Gasteiger partial charge in [-0.1, -0.05) is 13.8 Å². The number of amides is 7. The number of aliphatic hydroxyl groups excluding tert-OH is 1. The molecule has 248 valence electrons. The Balaban J connectivity index is 3.01. The molecular weight excluding hydrogens is 582 g/mol. The molecule has 1 aliphatic heterocycles. The molecule has 1 rings (SSSR count). The molecule has 0 bridgehead atoms. The lowest BCUT2D eigenvalue weighted by Crippen LogP contribution is -2.59. The van der Waals surface area contributed by atoms with Crippen LogP contribution in [0.5, 0.6) is 0 Å². The van der Waals surface area contributed by atoms with E-state index in [4.69, 9.17) is 0 Å². The zero-order valence-electron chi connectivity index (χ0n) is 25.7. The lowest BCUT2D eigenvalue weighted by Gasteiger charge is -2.30. The number of aliphatic hydroxyl groups is 1. The van der Waals surface area contributed by atoms with Gasteiger partial charge < -0.3 is 47.0 Å². The molecule has 0 saturated carbocycles. The monoisotopic (exact) mass is 627 g/mol. The predicted octanol–water partition coefficient (Wildman–Crippen LogP) is -3.28. The van der Waals surface area contributed by atoms with Gasteiger partial charge in [-0.15, -0.1) is 0 Å². The minimum absolute atomic E-state index is 0.0609. The molecule has 17 heteroatoms. The number of nitrogens with one attached hydrogen (secondary N) is 6. The number of carboxylic acid groups (broad SMARTS) is 1. The van der Waals surface area contributed by atoms with Gasteiger partial charge in [0, 0.05) is 26.9 Å². The van der Waals surface area contributed by atoms with E-state index in [0.717, 1.165) is 0 Å². The highest BCUT2D eigenvalue weighted by molar-refractivity contribution is 5.96. The fraction of sp³-hybridized carbons (Fsp3) is 0.704. The van der Waals surface area contributed by atoms with Gasteiger partial charge >= 0.3 is 5.97 Å². The highest BCUT2D eigenvalue weighted by Crippen LogP contribution is 2.21. The Labute approximate surface area is 255 Å². The van der Waals surface area contributed by atoms with E-state index in [-0.39, 0.29) is 31.8 Å². The van der Waals surface area contributed by atoms with E-state index in [9.17, 15) is 48.6 Å². The lowest BCUT2D eigenvalue weighted by molar-refractivity contribution is -0.142. The maximum atomic E-state index is 13.3. The second-order valence-electron chi connectivity index (χ2n) is 11.0. The molecule has 1 fully saturated rings. The van der Waals surface area contributed by atoms with Gasteiger partial charge in [0.15, 0.2) is 0 Å². The third-order valence-corrected chi connectivity index (χ3v) is 6.71. The standard InChI is InChI=1S/C27H45N7O10/c1-14(2)11-18(31-16(4)36)27(44)34-10-6-7-19(34)25(42)32-17(8-9-22(39)40)24(41)33-23(15(3)35)26(43)30-13-21(38)29-12-20(37)28-5/h14-15,17-19,23,35H,6-13H2,1-5H3,(H,28,37)(H,29,38)(H,30,43)(H,31,36)(H,32,42)(H,33,41)(H,39,40)/t15?,17-,18-,19-,23-/m0/s1. The summed E-state index contributed by atoms with van der Waals surface area (Å²) in [5, 5.41) is 33.5. The van der Waals surface area contributed by atoms with Crippen molar-refractivity contribution >= 4 is 47.3 Å². The molecule has 8 N–H and O–H groups in total. The van der Waals surface area contributed by atoms with E-state index in [0.29, 0.717) is 12.8 Å². The van der Waals surface area contributed by atoms with Crippen LogP contribution in [-0.2, 0) is 38.4 Å². The summed E-state index contributed by atoms with van der Waals surface area (Å²) in [6.07, 6.45) is -1.28. The van der Waals surface area contributed by atoms with E-state index in [2.05, 4.69) is 31.9 Å². The molecule has 0 aromatic rings. The van der Waals surface area contributed by atoms with Crippen molar-refractivity contribution < 1.29 is 48.6 Å². The number of nitrogens with zero attached hydrogens (tertiary/aromatic N) is 1. The zero-order valence-corrected chi connectivity index (χ0v) is 25.7. The molecule has 1 aliphatic rings. The van der Waals surface area contributed by atoms with Crippen LogP contribution in [0.15, 0.2) is 0 Å². The number of hydrogen-bond acceptors (Lipinski definition) is 9. The molecule has 0 aromatic heterocycles. The maximum Gasteiger partial charge on any atom is 0.303 e. The van der Waals surface area contributed by atoms with Crippen molar-refractivity contribution in [2.45, 2.75) is 90.1 Å². The van der Waals surface area contributed by atoms with Crippen LogP contribution in [-0.4, -0.2) is 119 Å². The van der Waals surface area contributed by atoms with Gasteiger partial charge in [-0.2, -0.15) is 0 Å². The summed E-state index contributed by atoms with van der Waals surface area (Å²) < 4.78 is 0. The van der Waals surface area contributed by atoms with E-state index in [1.54, 1.807) is 0 Å². The number of carbonyl (C=O) groups excluding carboxylic acids is 7. The quantitative estimate of drug-likeness (QED) is 0.0798. The van der Waals surface area contributed by atoms with Crippen molar-refractivity contribution in [2.24, 2.45) is 5.92 Å². The smallest absolute Gasteiger partial charge is 0.303 e. The summed E-state index contributed by atoms with van der Waals surface area (Å²) in [6.45, 7) is 5.57. The van der Waals surface area contributed by atoms with Gasteiger partial charge in [-0.25, -0.2) is 0 Å². The van der Waals surface area contributed by atoms with Crippen molar-refractivity contribution in [1.82, 2.24) is 36.8 Å². The first-order valence-electron chi connectivity index (χ1n) is 14.4. The van der Waals surface area contributed by atoms with Gasteiger partial charge in [0.1, 0.15) is 24.2 Å². The summed E-state index contributed by atoms with van der Waals surface area (Å²) in [4.78, 5) is 99.9. The summed E-state index contributed by atoms with van der Waals surface area (Å²) in [5.41, 5.74) is 0. The molecule has 44 heavy (non-hydrogen) atoms. The van der Waals surface area contributed by atoms with Crippen LogP contribution in [0.2, 0.25) is 0 Å². The Morgan fingerprint density at radius 1 is 0.864 bits per heavy atom. The molecule has 0 radical (unpaired) electrons. The number of carboxylic acids is 1. The number of aliphatic carboxylic acids is 1. The molecule has 0 spiro atoms. The van der Waals surface area contributed by atoms with Gasteiger partial charge in [0.2, 0.25) is 41.4 Å². The number of hydrogen-bond donors (Lipinski definition) is 8. The van der Waals surface area contributed by atoms with Crippen LogP contribution in [0.4, 0.5) is 0 Å². The Morgan fingerprint density at radius 3 is 2.05 bits per heavy atom. The van der Waals surface area contributed by atoms with Crippen LogP contribution in [0.3, 0.4) is 0 Å². The normalized spacial score (nSPS) is 17.0. The van der Waals surface area contributed by atoms with Crippen molar-refractivity contribution in [1.29, 1.82) is 0 Å². The van der Waals surface area contributed by atoms with E-state index in [1.807, 2.05) is 13.8 Å². The van der Waals surface area contributed by atoms with Crippen LogP contribution in [0.25, 0.3) is 0 Å². The maximum absolute atomic E-state index is 13.3. The van der Waals surface area contributed by atoms with Crippen LogP contribution < -0.4 is 31.9 Å². The van der Waals surface area contributed by atoms with Gasteiger partial charge in [0.25, 0.3) is 0 Å². The fourth-order valence-electron chi connectivity index (χ4n) is 4.51. The number of carbonyl (C=O) groups is 8. The summed E-state index contributed by atoms with van der Waals surface area (Å²) >= 11 is 0. The second-order valence-corrected chi connectivity index (χ2v) is 11.0. The lowest BCUT2D eigenvalue weighted by atomic mass is 10.0. The molecule has 5 atom stereocenters. The first-order valence-corrected chi connectivity index (χ1v) is 14.4. The topological polar surface area (TPSA) is 252 Å². The number of rotatable bonds is 17. The number of likely N-dealkylation sites (N-methyl/N-ethyl adjacent to an activating group) is 1. The summed E-state index contributed by atoms with van der Waals surface area (Å²) in [5.74, 6) is -5.89. The fourth-order valence-corrected chi connectivity index (χ4v) is 4.51. The highest BCUT2D eigenvalue weighted by Gasteiger charge is 2.39. The Kier molecular flexibility index (Phi) is 15.8. The average Bonchev–Trinajstić information content (AvgIpc) is 3.43. The van der Waals surface area contributed by atoms with Crippen LogP contribution in [0.1, 0.15) is 59.8 Å². The Morgan fingerprint density at radius 2 is 1.50 bits per heavy atom. The summed E-state index contributed by atoms with van der Waals surface area (Å²) in [7, 11) is 1.37. The molecule has 1 unspecified atom stereocenters. The largest absolute Gasteiger partial charge is 0.481 e.